The molecule has 1 aromatic heterocycles. The van der Waals surface area contributed by atoms with Crippen LogP contribution in [-0.4, -0.2) is 36.3 Å². The number of benzene rings is 1. The first-order chi connectivity index (χ1) is 9.26. The first-order valence-electron chi connectivity index (χ1n) is 6.31. The zero-order chi connectivity index (χ0) is 13.7. The van der Waals surface area contributed by atoms with Crippen molar-refractivity contribution in [3.8, 4) is 5.75 Å². The van der Waals surface area contributed by atoms with Crippen LogP contribution in [-0.2, 0) is 0 Å². The van der Waals surface area contributed by atoms with E-state index in [2.05, 4.69) is 10.3 Å². The second-order valence-electron chi connectivity index (χ2n) is 4.29. The Kier molecular flexibility index (Phi) is 4.41. The van der Waals surface area contributed by atoms with E-state index >= 15 is 0 Å². The lowest BCUT2D eigenvalue weighted by molar-refractivity contribution is 0.0948. The Morgan fingerprint density at radius 3 is 3.00 bits per heavy atom. The Morgan fingerprint density at radius 1 is 1.42 bits per heavy atom. The lowest BCUT2D eigenvalue weighted by Crippen LogP contribution is -2.24. The number of amides is 1. The van der Waals surface area contributed by atoms with Crippen LogP contribution in [0.5, 0.6) is 5.75 Å². The quantitative estimate of drug-likeness (QED) is 0.693. The summed E-state index contributed by atoms with van der Waals surface area (Å²) in [7, 11) is 1.61. The maximum absolute atomic E-state index is 11.9. The fourth-order valence-corrected chi connectivity index (χ4v) is 1.96. The highest BCUT2D eigenvalue weighted by atomic mass is 16.5. The standard InChI is InChI=1S/C14H18N2O3/c1-19-13-6-4-5-11-10(13)9-12(16-11)14(18)15-7-2-3-8-17/h4-6,9,16-17H,2-3,7-8H2,1H3,(H,15,18). The lowest BCUT2D eigenvalue weighted by atomic mass is 10.2. The number of hydrogen-bond donors (Lipinski definition) is 3. The minimum absolute atomic E-state index is 0.142. The molecule has 0 radical (unpaired) electrons. The number of unbranched alkanes of at least 4 members (excludes halogenated alkanes) is 1. The SMILES string of the molecule is COc1cccc2[nH]c(C(=O)NCCCCO)cc12. The highest BCUT2D eigenvalue weighted by Crippen LogP contribution is 2.25. The zero-order valence-corrected chi connectivity index (χ0v) is 10.9. The Labute approximate surface area is 111 Å². The molecule has 2 rings (SSSR count). The van der Waals surface area contributed by atoms with Crippen LogP contribution < -0.4 is 10.1 Å². The van der Waals surface area contributed by atoms with Crippen LogP contribution in [0.15, 0.2) is 24.3 Å². The van der Waals surface area contributed by atoms with Gasteiger partial charge >= 0.3 is 0 Å². The van der Waals surface area contributed by atoms with Gasteiger partial charge in [-0.05, 0) is 31.0 Å². The molecule has 5 heteroatoms. The number of carbonyl (C=O) groups excluding carboxylic acids is 1. The van der Waals surface area contributed by atoms with Gasteiger partial charge in [0.1, 0.15) is 11.4 Å². The van der Waals surface area contributed by atoms with Gasteiger partial charge in [-0.1, -0.05) is 6.07 Å². The van der Waals surface area contributed by atoms with Crippen molar-refractivity contribution in [2.75, 3.05) is 20.3 Å². The van der Waals surface area contributed by atoms with Crippen LogP contribution in [0.25, 0.3) is 10.9 Å². The van der Waals surface area contributed by atoms with Crippen LogP contribution in [0, 0.1) is 0 Å². The molecule has 1 amide bonds. The fourth-order valence-electron chi connectivity index (χ4n) is 1.96. The minimum Gasteiger partial charge on any atom is -0.496 e. The molecule has 0 fully saturated rings. The molecular formula is C14H18N2O3. The largest absolute Gasteiger partial charge is 0.496 e. The van der Waals surface area contributed by atoms with Gasteiger partial charge in [0.15, 0.2) is 0 Å². The molecule has 0 aliphatic heterocycles. The number of nitrogens with one attached hydrogen (secondary N) is 2. The van der Waals surface area contributed by atoms with Gasteiger partial charge in [-0.25, -0.2) is 0 Å². The van der Waals surface area contributed by atoms with Crippen molar-refractivity contribution in [3.05, 3.63) is 30.0 Å². The van der Waals surface area contributed by atoms with Crippen LogP contribution in [0.1, 0.15) is 23.3 Å². The van der Waals surface area contributed by atoms with Gasteiger partial charge < -0.3 is 20.1 Å². The van der Waals surface area contributed by atoms with Crippen LogP contribution in [0.4, 0.5) is 0 Å². The summed E-state index contributed by atoms with van der Waals surface area (Å²) in [5.74, 6) is 0.601. The van der Waals surface area contributed by atoms with Crippen molar-refractivity contribution in [1.29, 1.82) is 0 Å². The maximum atomic E-state index is 11.9. The van der Waals surface area contributed by atoms with E-state index in [1.807, 2.05) is 18.2 Å². The molecule has 0 saturated carbocycles. The van der Waals surface area contributed by atoms with Crippen molar-refractivity contribution in [2.45, 2.75) is 12.8 Å². The first-order valence-corrected chi connectivity index (χ1v) is 6.31. The van der Waals surface area contributed by atoms with Gasteiger partial charge in [0.2, 0.25) is 0 Å². The number of aromatic nitrogens is 1. The molecule has 0 bridgehead atoms. The summed E-state index contributed by atoms with van der Waals surface area (Å²) < 4.78 is 5.25. The van der Waals surface area contributed by atoms with E-state index in [0.29, 0.717) is 18.7 Å². The number of methoxy groups -OCH3 is 1. The van der Waals surface area contributed by atoms with E-state index in [1.165, 1.54) is 0 Å². The summed E-state index contributed by atoms with van der Waals surface area (Å²) in [6.07, 6.45) is 1.46. The summed E-state index contributed by atoms with van der Waals surface area (Å²) in [5.41, 5.74) is 1.39. The van der Waals surface area contributed by atoms with E-state index in [1.54, 1.807) is 13.2 Å². The highest BCUT2D eigenvalue weighted by Gasteiger charge is 2.11. The number of aromatic amines is 1. The number of carbonyl (C=O) groups is 1. The van der Waals surface area contributed by atoms with Gasteiger partial charge in [-0.2, -0.15) is 0 Å². The predicted molar refractivity (Wildman–Crippen MR) is 73.5 cm³/mol. The molecule has 1 heterocycles. The summed E-state index contributed by atoms with van der Waals surface area (Å²) in [5, 5.41) is 12.4. The third kappa shape index (κ3) is 3.06. The van der Waals surface area contributed by atoms with Crippen LogP contribution >= 0.6 is 0 Å². The molecule has 0 atom stereocenters. The molecule has 1 aromatic carbocycles. The summed E-state index contributed by atoms with van der Waals surface area (Å²) >= 11 is 0. The topological polar surface area (TPSA) is 74.4 Å². The second kappa shape index (κ2) is 6.24. The average Bonchev–Trinajstić information content (AvgIpc) is 2.87. The third-order valence-corrected chi connectivity index (χ3v) is 2.96. The average molecular weight is 262 g/mol. The monoisotopic (exact) mass is 262 g/mol. The molecule has 3 N–H and O–H groups in total. The van der Waals surface area contributed by atoms with Crippen molar-refractivity contribution in [1.82, 2.24) is 10.3 Å². The number of fused-ring (bicyclic) bond motifs is 1. The highest BCUT2D eigenvalue weighted by molar-refractivity contribution is 5.99. The Balaban J connectivity index is 2.10. The molecule has 2 aromatic rings. The molecule has 102 valence electrons. The van der Waals surface area contributed by atoms with E-state index in [9.17, 15) is 4.79 Å². The summed E-state index contributed by atoms with van der Waals surface area (Å²) in [6.45, 7) is 0.714. The molecule has 19 heavy (non-hydrogen) atoms. The predicted octanol–water partition coefficient (Wildman–Crippen LogP) is 1.68. The summed E-state index contributed by atoms with van der Waals surface area (Å²) in [4.78, 5) is 15.0. The van der Waals surface area contributed by atoms with Crippen molar-refractivity contribution >= 4 is 16.8 Å². The van der Waals surface area contributed by atoms with E-state index in [0.717, 1.165) is 23.1 Å². The molecule has 0 aliphatic rings. The van der Waals surface area contributed by atoms with Gasteiger partial charge in [-0.3, -0.25) is 4.79 Å². The van der Waals surface area contributed by atoms with Gasteiger partial charge in [0.25, 0.3) is 5.91 Å². The van der Waals surface area contributed by atoms with E-state index in [-0.39, 0.29) is 12.5 Å². The molecule has 0 aliphatic carbocycles. The Bertz CT molecular complexity index is 563. The molecule has 0 spiro atoms. The molecular weight excluding hydrogens is 244 g/mol. The lowest BCUT2D eigenvalue weighted by Gasteiger charge is -2.01. The maximum Gasteiger partial charge on any atom is 0.267 e. The number of aliphatic hydroxyl groups is 1. The Hall–Kier alpha value is -2.01. The number of hydrogen-bond acceptors (Lipinski definition) is 3. The summed E-state index contributed by atoms with van der Waals surface area (Å²) in [6, 6.07) is 7.43. The van der Waals surface area contributed by atoms with Crippen molar-refractivity contribution in [2.24, 2.45) is 0 Å². The molecule has 5 nitrogen and oxygen atoms in total. The first kappa shape index (κ1) is 13.4. The van der Waals surface area contributed by atoms with Gasteiger partial charge in [0.05, 0.1) is 7.11 Å². The fraction of sp³-hybridized carbons (Fsp3) is 0.357. The Morgan fingerprint density at radius 2 is 2.26 bits per heavy atom. The van der Waals surface area contributed by atoms with Crippen molar-refractivity contribution in [3.63, 3.8) is 0 Å². The molecule has 0 saturated heterocycles. The number of H-pyrrole nitrogens is 1. The van der Waals surface area contributed by atoms with Gasteiger partial charge in [-0.15, -0.1) is 0 Å². The molecule has 0 unspecified atom stereocenters. The number of ether oxygens (including phenoxy) is 1. The zero-order valence-electron chi connectivity index (χ0n) is 10.9. The van der Waals surface area contributed by atoms with Crippen molar-refractivity contribution < 1.29 is 14.6 Å². The second-order valence-corrected chi connectivity index (χ2v) is 4.29. The van der Waals surface area contributed by atoms with Gasteiger partial charge in [0, 0.05) is 24.1 Å². The van der Waals surface area contributed by atoms with E-state index in [4.69, 9.17) is 9.84 Å². The number of rotatable bonds is 6. The third-order valence-electron chi connectivity index (χ3n) is 2.96. The van der Waals surface area contributed by atoms with Crippen LogP contribution in [0.2, 0.25) is 0 Å². The smallest absolute Gasteiger partial charge is 0.267 e. The van der Waals surface area contributed by atoms with E-state index < -0.39 is 0 Å². The van der Waals surface area contributed by atoms with Crippen LogP contribution in [0.3, 0.4) is 0 Å². The minimum atomic E-state index is -0.142. The normalized spacial score (nSPS) is 10.6. The number of aliphatic hydroxyl groups excluding tert-OH is 1.